The molecule has 2 aromatic rings. The summed E-state index contributed by atoms with van der Waals surface area (Å²) in [6.07, 6.45) is 6.45. The number of nitrogens with zero attached hydrogens (tertiary/aromatic N) is 3. The third-order valence-electron chi connectivity index (χ3n) is 3.26. The van der Waals surface area contributed by atoms with Gasteiger partial charge in [0.1, 0.15) is 5.69 Å². The minimum atomic E-state index is -3.91. The molecule has 0 aliphatic carbocycles. The molecule has 0 spiro atoms. The van der Waals surface area contributed by atoms with Gasteiger partial charge in [0.2, 0.25) is 0 Å². The van der Waals surface area contributed by atoms with Gasteiger partial charge in [-0.3, -0.25) is 21.7 Å². The third-order valence-corrected chi connectivity index (χ3v) is 3.97. The second kappa shape index (κ2) is 9.99. The van der Waals surface area contributed by atoms with E-state index in [1.54, 1.807) is 53.2 Å². The number of nitro groups is 1. The molecular formula is C16H20N6O5S. The smallest absolute Gasteiger partial charge is 0.403 e. The summed E-state index contributed by atoms with van der Waals surface area (Å²) < 4.78 is 31.0. The zero-order valence-electron chi connectivity index (χ0n) is 14.9. The number of benzene rings is 1. The number of hydrogen-bond donors (Lipinski definition) is 3. The lowest BCUT2D eigenvalue weighted by Crippen LogP contribution is -2.33. The van der Waals surface area contributed by atoms with E-state index in [-0.39, 0.29) is 17.4 Å². The number of para-hydroxylation sites is 2. The Kier molecular flexibility index (Phi) is 8.04. The molecule has 0 saturated heterocycles. The SMILES string of the molecule is CCS(=O)(=O)[O-].N=C(N)[N+](N)=CC=Cc1cccn1-c1ccccc1[N+](=O)[O-]. The van der Waals surface area contributed by atoms with Crippen LogP contribution in [0.15, 0.2) is 48.7 Å². The highest BCUT2D eigenvalue weighted by atomic mass is 32.2. The van der Waals surface area contributed by atoms with Crippen LogP contribution >= 0.6 is 0 Å². The molecule has 0 saturated carbocycles. The Hall–Kier alpha value is -3.51. The summed E-state index contributed by atoms with van der Waals surface area (Å²) >= 11 is 0. The molecule has 1 aromatic carbocycles. The topological polar surface area (TPSA) is 184 Å². The van der Waals surface area contributed by atoms with E-state index in [1.165, 1.54) is 19.2 Å². The molecule has 0 unspecified atom stereocenters. The molecular weight excluding hydrogens is 388 g/mol. The largest absolute Gasteiger partial charge is 0.748 e. The highest BCUT2D eigenvalue weighted by Crippen LogP contribution is 2.24. The van der Waals surface area contributed by atoms with Gasteiger partial charge < -0.3 is 9.12 Å². The van der Waals surface area contributed by atoms with Crippen molar-refractivity contribution < 1.29 is 22.6 Å². The second-order valence-electron chi connectivity index (χ2n) is 5.20. The van der Waals surface area contributed by atoms with Crippen LogP contribution in [0.4, 0.5) is 5.69 Å². The maximum Gasteiger partial charge on any atom is 0.403 e. The van der Waals surface area contributed by atoms with Crippen LogP contribution in [0, 0.1) is 15.5 Å². The number of nitrogens with one attached hydrogen (secondary N) is 1. The molecule has 12 heteroatoms. The first-order chi connectivity index (χ1) is 13.1. The van der Waals surface area contributed by atoms with Gasteiger partial charge in [-0.05, 0) is 30.4 Å². The fourth-order valence-electron chi connectivity index (χ4n) is 1.89. The number of guanidine groups is 1. The van der Waals surface area contributed by atoms with Gasteiger partial charge in [-0.1, -0.05) is 19.1 Å². The van der Waals surface area contributed by atoms with E-state index in [4.69, 9.17) is 17.0 Å². The minimum Gasteiger partial charge on any atom is -0.748 e. The molecule has 0 amide bonds. The molecule has 0 atom stereocenters. The van der Waals surface area contributed by atoms with Crippen molar-refractivity contribution in [2.75, 3.05) is 5.75 Å². The average Bonchev–Trinajstić information content (AvgIpc) is 3.09. The Bertz CT molecular complexity index is 1010. The summed E-state index contributed by atoms with van der Waals surface area (Å²) in [6, 6.07) is 10.1. The molecule has 28 heavy (non-hydrogen) atoms. The molecule has 2 rings (SSSR count). The number of hydrazine groups is 1. The number of hydrogen-bond acceptors (Lipinski definition) is 7. The van der Waals surface area contributed by atoms with Crippen LogP contribution in [0.1, 0.15) is 12.6 Å². The molecule has 1 heterocycles. The van der Waals surface area contributed by atoms with Gasteiger partial charge in [-0.2, -0.15) is 0 Å². The summed E-state index contributed by atoms with van der Waals surface area (Å²) in [6.45, 7) is 1.31. The molecule has 11 nitrogen and oxygen atoms in total. The van der Waals surface area contributed by atoms with Crippen LogP contribution in [-0.4, -0.2) is 45.1 Å². The van der Waals surface area contributed by atoms with Crippen molar-refractivity contribution in [2.45, 2.75) is 6.92 Å². The van der Waals surface area contributed by atoms with Crippen LogP contribution in [0.25, 0.3) is 11.8 Å². The van der Waals surface area contributed by atoms with Crippen molar-refractivity contribution in [2.24, 2.45) is 11.6 Å². The maximum absolute atomic E-state index is 11.1. The number of hydrazone groups is 1. The number of nitrogens with two attached hydrogens (primary N) is 2. The quantitative estimate of drug-likeness (QED) is 0.124. The molecule has 1 aromatic heterocycles. The van der Waals surface area contributed by atoms with E-state index in [2.05, 4.69) is 0 Å². The van der Waals surface area contributed by atoms with E-state index in [9.17, 15) is 23.1 Å². The fourth-order valence-corrected chi connectivity index (χ4v) is 1.89. The van der Waals surface area contributed by atoms with Crippen molar-refractivity contribution in [1.29, 1.82) is 5.41 Å². The Labute approximate surface area is 161 Å². The van der Waals surface area contributed by atoms with Crippen molar-refractivity contribution in [1.82, 2.24) is 4.57 Å². The van der Waals surface area contributed by atoms with Gasteiger partial charge in [0, 0.05) is 23.7 Å². The number of aromatic nitrogens is 1. The van der Waals surface area contributed by atoms with Crippen LogP contribution in [0.5, 0.6) is 0 Å². The van der Waals surface area contributed by atoms with Crippen molar-refractivity contribution >= 4 is 34.1 Å². The van der Waals surface area contributed by atoms with E-state index in [1.807, 2.05) is 0 Å². The Morgan fingerprint density at radius 1 is 1.29 bits per heavy atom. The summed E-state index contributed by atoms with van der Waals surface area (Å²) in [5.41, 5.74) is 6.41. The van der Waals surface area contributed by atoms with Crippen LogP contribution in [0.3, 0.4) is 0 Å². The Morgan fingerprint density at radius 2 is 1.89 bits per heavy atom. The highest BCUT2D eigenvalue weighted by molar-refractivity contribution is 7.85. The van der Waals surface area contributed by atoms with Crippen LogP contribution in [-0.2, 0) is 10.1 Å². The lowest BCUT2D eigenvalue weighted by molar-refractivity contribution is -0.417. The first-order valence-corrected chi connectivity index (χ1v) is 9.38. The molecule has 0 aliphatic heterocycles. The Morgan fingerprint density at radius 3 is 2.43 bits per heavy atom. The molecule has 0 fully saturated rings. The maximum atomic E-state index is 11.1. The first kappa shape index (κ1) is 22.5. The summed E-state index contributed by atoms with van der Waals surface area (Å²) in [4.78, 5) is 10.7. The van der Waals surface area contributed by atoms with Gasteiger partial charge in [0.05, 0.1) is 21.3 Å². The molecule has 0 aliphatic rings. The average molecular weight is 408 g/mol. The predicted molar refractivity (Wildman–Crippen MR) is 104 cm³/mol. The highest BCUT2D eigenvalue weighted by Gasteiger charge is 2.14. The van der Waals surface area contributed by atoms with Crippen LogP contribution < -0.4 is 11.6 Å². The molecule has 150 valence electrons. The number of nitro benzene ring substituents is 1. The normalized spacial score (nSPS) is 11.7. The molecule has 0 bridgehead atoms. The monoisotopic (exact) mass is 408 g/mol. The third kappa shape index (κ3) is 7.01. The zero-order chi connectivity index (χ0) is 21.3. The van der Waals surface area contributed by atoms with Gasteiger partial charge in [0.25, 0.3) is 5.69 Å². The molecule has 0 radical (unpaired) electrons. The van der Waals surface area contributed by atoms with Gasteiger partial charge in [0.15, 0.2) is 0 Å². The van der Waals surface area contributed by atoms with Gasteiger partial charge in [-0.15, -0.1) is 10.1 Å². The number of allylic oxidation sites excluding steroid dienone is 1. The van der Waals surface area contributed by atoms with Crippen LogP contribution in [0.2, 0.25) is 0 Å². The number of rotatable bonds is 5. The van der Waals surface area contributed by atoms with Gasteiger partial charge in [-0.25, -0.2) is 8.42 Å². The van der Waals surface area contributed by atoms with E-state index < -0.39 is 15.0 Å². The predicted octanol–water partition coefficient (Wildman–Crippen LogP) is 0.801. The van der Waals surface area contributed by atoms with Crippen molar-refractivity contribution in [3.05, 3.63) is 64.5 Å². The van der Waals surface area contributed by atoms with Crippen molar-refractivity contribution in [3.63, 3.8) is 0 Å². The summed E-state index contributed by atoms with van der Waals surface area (Å²) in [5, 5.41) is 18.3. The molecule has 5 N–H and O–H groups in total. The lowest BCUT2D eigenvalue weighted by atomic mass is 10.2. The second-order valence-corrected chi connectivity index (χ2v) is 6.89. The first-order valence-electron chi connectivity index (χ1n) is 7.81. The fraction of sp³-hybridized carbons (Fsp3) is 0.125. The Balaban J connectivity index is 0.000000568. The van der Waals surface area contributed by atoms with E-state index in [0.717, 1.165) is 10.4 Å². The lowest BCUT2D eigenvalue weighted by Gasteiger charge is -2.06. The van der Waals surface area contributed by atoms with Crippen molar-refractivity contribution in [3.8, 4) is 5.69 Å². The summed E-state index contributed by atoms with van der Waals surface area (Å²) in [5.74, 6) is 4.84. The van der Waals surface area contributed by atoms with E-state index >= 15 is 0 Å². The van der Waals surface area contributed by atoms with E-state index in [0.29, 0.717) is 5.69 Å². The minimum absolute atomic E-state index is 0.0153. The zero-order valence-corrected chi connectivity index (χ0v) is 15.7. The van der Waals surface area contributed by atoms with Gasteiger partial charge >= 0.3 is 5.96 Å². The standard InChI is InChI=1S/C14H15N6O2.C2H6O3S/c15-14(16)19(17)10-4-6-11-5-3-9-18(11)12-7-1-2-8-13(12)20(21)22;1-2-6(3,4)5/h1-10H,17H2,(H3,15,16);2H2,1H3,(H,3,4,5)/q+1;/p-1. The summed E-state index contributed by atoms with van der Waals surface area (Å²) in [7, 11) is -3.91.